The first-order chi connectivity index (χ1) is 14.3. The molecule has 0 spiro atoms. The predicted molar refractivity (Wildman–Crippen MR) is 104 cm³/mol. The van der Waals surface area contributed by atoms with E-state index in [-0.39, 0.29) is 17.4 Å². The van der Waals surface area contributed by atoms with Gasteiger partial charge in [0.25, 0.3) is 0 Å². The van der Waals surface area contributed by atoms with Crippen molar-refractivity contribution in [2.75, 3.05) is 44.3 Å². The SMILES string of the molecule is O=C(Cc1ccc2c(c1)OCCO2)N1CCN(c2ncc(C(F)(F)F)cc2Cl)CC1. The van der Waals surface area contributed by atoms with E-state index in [9.17, 15) is 18.0 Å². The van der Waals surface area contributed by atoms with Crippen molar-refractivity contribution in [3.8, 4) is 11.5 Å². The fourth-order valence-electron chi connectivity index (χ4n) is 3.47. The van der Waals surface area contributed by atoms with E-state index in [2.05, 4.69) is 4.98 Å². The van der Waals surface area contributed by atoms with Gasteiger partial charge in [0, 0.05) is 32.4 Å². The molecule has 2 aliphatic heterocycles. The van der Waals surface area contributed by atoms with Crippen molar-refractivity contribution in [3.63, 3.8) is 0 Å². The van der Waals surface area contributed by atoms with Crippen LogP contribution in [-0.4, -0.2) is 55.2 Å². The summed E-state index contributed by atoms with van der Waals surface area (Å²) < 4.78 is 49.4. The lowest BCUT2D eigenvalue weighted by Gasteiger charge is -2.36. The van der Waals surface area contributed by atoms with E-state index in [0.29, 0.717) is 56.7 Å². The Kier molecular flexibility index (Phi) is 5.64. The highest BCUT2D eigenvalue weighted by molar-refractivity contribution is 6.33. The summed E-state index contributed by atoms with van der Waals surface area (Å²) in [5.41, 5.74) is -0.0522. The molecule has 6 nitrogen and oxygen atoms in total. The summed E-state index contributed by atoms with van der Waals surface area (Å²) in [6.45, 7) is 2.72. The Morgan fingerprint density at radius 3 is 2.43 bits per heavy atom. The summed E-state index contributed by atoms with van der Waals surface area (Å²) in [6.07, 6.45) is -3.48. The fraction of sp³-hybridized carbons (Fsp3) is 0.400. The monoisotopic (exact) mass is 441 g/mol. The Morgan fingerprint density at radius 2 is 1.77 bits per heavy atom. The Bertz CT molecular complexity index is 947. The van der Waals surface area contributed by atoms with Crippen molar-refractivity contribution in [3.05, 3.63) is 46.6 Å². The number of pyridine rings is 1. The molecule has 0 aliphatic carbocycles. The quantitative estimate of drug-likeness (QED) is 0.730. The highest BCUT2D eigenvalue weighted by Gasteiger charge is 2.32. The second-order valence-electron chi connectivity index (χ2n) is 7.05. The second-order valence-corrected chi connectivity index (χ2v) is 7.46. The van der Waals surface area contributed by atoms with Gasteiger partial charge in [0.05, 0.1) is 17.0 Å². The third-order valence-electron chi connectivity index (χ3n) is 5.04. The van der Waals surface area contributed by atoms with Gasteiger partial charge in [0.2, 0.25) is 5.91 Å². The van der Waals surface area contributed by atoms with Gasteiger partial charge >= 0.3 is 6.18 Å². The number of anilines is 1. The van der Waals surface area contributed by atoms with E-state index >= 15 is 0 Å². The van der Waals surface area contributed by atoms with Gasteiger partial charge in [0.15, 0.2) is 11.5 Å². The van der Waals surface area contributed by atoms with Crippen LogP contribution in [0.5, 0.6) is 11.5 Å². The first kappa shape index (κ1) is 20.6. The topological polar surface area (TPSA) is 54.9 Å². The largest absolute Gasteiger partial charge is 0.486 e. The van der Waals surface area contributed by atoms with E-state index in [4.69, 9.17) is 21.1 Å². The lowest BCUT2D eigenvalue weighted by molar-refractivity contribution is -0.137. The van der Waals surface area contributed by atoms with Crippen LogP contribution < -0.4 is 14.4 Å². The minimum Gasteiger partial charge on any atom is -0.486 e. The number of ether oxygens (including phenoxy) is 2. The number of amides is 1. The standard InChI is InChI=1S/C20H19ClF3N3O3/c21-15-11-14(20(22,23)24)12-25-19(15)27-5-3-26(4-6-27)18(28)10-13-1-2-16-17(9-13)30-8-7-29-16/h1-2,9,11-12H,3-8,10H2. The zero-order valence-electron chi connectivity index (χ0n) is 15.9. The van der Waals surface area contributed by atoms with Crippen LogP contribution in [0.1, 0.15) is 11.1 Å². The molecule has 1 saturated heterocycles. The Hall–Kier alpha value is -2.68. The van der Waals surface area contributed by atoms with Gasteiger partial charge in [-0.25, -0.2) is 4.98 Å². The molecule has 2 aliphatic rings. The molecule has 4 rings (SSSR count). The molecule has 160 valence electrons. The van der Waals surface area contributed by atoms with E-state index in [0.717, 1.165) is 17.8 Å². The number of carbonyl (C=O) groups excluding carboxylic acids is 1. The minimum atomic E-state index is -4.49. The molecule has 1 fully saturated rings. The van der Waals surface area contributed by atoms with Gasteiger partial charge < -0.3 is 19.3 Å². The summed E-state index contributed by atoms with van der Waals surface area (Å²) in [7, 11) is 0. The summed E-state index contributed by atoms with van der Waals surface area (Å²) in [4.78, 5) is 20.1. The molecule has 0 radical (unpaired) electrons. The summed E-state index contributed by atoms with van der Waals surface area (Å²) in [6, 6.07) is 6.33. The number of benzene rings is 1. The van der Waals surface area contributed by atoms with Crippen molar-refractivity contribution in [2.24, 2.45) is 0 Å². The van der Waals surface area contributed by atoms with Crippen molar-refractivity contribution in [2.45, 2.75) is 12.6 Å². The zero-order chi connectivity index (χ0) is 21.3. The highest BCUT2D eigenvalue weighted by Crippen LogP contribution is 2.34. The van der Waals surface area contributed by atoms with E-state index in [1.165, 1.54) is 0 Å². The molecular weight excluding hydrogens is 423 g/mol. The van der Waals surface area contributed by atoms with Crippen molar-refractivity contribution in [1.29, 1.82) is 0 Å². The van der Waals surface area contributed by atoms with Crippen molar-refractivity contribution in [1.82, 2.24) is 9.88 Å². The summed E-state index contributed by atoms with van der Waals surface area (Å²) >= 11 is 6.03. The second kappa shape index (κ2) is 8.22. The van der Waals surface area contributed by atoms with Crippen LogP contribution in [0.3, 0.4) is 0 Å². The number of nitrogens with zero attached hydrogens (tertiary/aromatic N) is 3. The van der Waals surface area contributed by atoms with E-state index < -0.39 is 11.7 Å². The van der Waals surface area contributed by atoms with Crippen LogP contribution in [0.4, 0.5) is 19.0 Å². The average molecular weight is 442 g/mol. The third kappa shape index (κ3) is 4.40. The van der Waals surface area contributed by atoms with Gasteiger partial charge in [-0.05, 0) is 23.8 Å². The van der Waals surface area contributed by atoms with E-state index in [1.54, 1.807) is 15.9 Å². The number of halogens is 4. The van der Waals surface area contributed by atoms with E-state index in [1.807, 2.05) is 12.1 Å². The van der Waals surface area contributed by atoms with Gasteiger partial charge in [0.1, 0.15) is 19.0 Å². The highest BCUT2D eigenvalue weighted by atomic mass is 35.5. The van der Waals surface area contributed by atoms with Crippen molar-refractivity contribution >= 4 is 23.3 Å². The molecule has 3 heterocycles. The number of piperazine rings is 1. The van der Waals surface area contributed by atoms with Crippen LogP contribution in [0.25, 0.3) is 0 Å². The van der Waals surface area contributed by atoms with Gasteiger partial charge in [-0.2, -0.15) is 13.2 Å². The first-order valence-corrected chi connectivity index (χ1v) is 9.83. The maximum absolute atomic E-state index is 12.8. The molecular formula is C20H19ClF3N3O3. The van der Waals surface area contributed by atoms with Crippen molar-refractivity contribution < 1.29 is 27.4 Å². The molecule has 0 unspecified atom stereocenters. The van der Waals surface area contributed by atoms with Gasteiger partial charge in [-0.15, -0.1) is 0 Å². The van der Waals surface area contributed by atoms with Crippen LogP contribution in [0, 0.1) is 0 Å². The Morgan fingerprint density at radius 1 is 1.07 bits per heavy atom. The molecule has 0 bridgehead atoms. The van der Waals surface area contributed by atoms with Gasteiger partial charge in [-0.3, -0.25) is 4.79 Å². The zero-order valence-corrected chi connectivity index (χ0v) is 16.7. The van der Waals surface area contributed by atoms with Crippen LogP contribution in [-0.2, 0) is 17.4 Å². The number of carbonyl (C=O) groups is 1. The molecule has 10 heteroatoms. The molecule has 0 atom stereocenters. The molecule has 30 heavy (non-hydrogen) atoms. The molecule has 2 aromatic rings. The lowest BCUT2D eigenvalue weighted by Crippen LogP contribution is -2.49. The normalized spacial score (nSPS) is 16.5. The molecule has 0 saturated carbocycles. The Labute approximate surface area is 176 Å². The minimum absolute atomic E-state index is 0.0298. The number of fused-ring (bicyclic) bond motifs is 1. The number of hydrogen-bond acceptors (Lipinski definition) is 5. The lowest BCUT2D eigenvalue weighted by atomic mass is 10.1. The predicted octanol–water partition coefficient (Wildman–Crippen LogP) is 3.42. The molecule has 1 aromatic carbocycles. The molecule has 1 aromatic heterocycles. The molecule has 1 amide bonds. The van der Waals surface area contributed by atoms with Crippen LogP contribution in [0.15, 0.2) is 30.5 Å². The maximum atomic E-state index is 12.8. The number of rotatable bonds is 3. The first-order valence-electron chi connectivity index (χ1n) is 9.45. The third-order valence-corrected chi connectivity index (χ3v) is 5.32. The van der Waals surface area contributed by atoms with Gasteiger partial charge in [-0.1, -0.05) is 17.7 Å². The average Bonchev–Trinajstić information content (AvgIpc) is 2.73. The maximum Gasteiger partial charge on any atom is 0.417 e. The smallest absolute Gasteiger partial charge is 0.417 e. The van der Waals surface area contributed by atoms with Crippen LogP contribution in [0.2, 0.25) is 5.02 Å². The number of hydrogen-bond donors (Lipinski definition) is 0. The van der Waals surface area contributed by atoms with Crippen LogP contribution >= 0.6 is 11.6 Å². The fourth-order valence-corrected chi connectivity index (χ4v) is 3.76. The summed E-state index contributed by atoms with van der Waals surface area (Å²) in [5.74, 6) is 1.58. The number of aromatic nitrogens is 1. The Balaban J connectivity index is 1.36. The molecule has 0 N–H and O–H groups in total. The number of alkyl halides is 3. The summed E-state index contributed by atoms with van der Waals surface area (Å²) in [5, 5.41) is -0.0547.